The first-order valence-corrected chi connectivity index (χ1v) is 6.48. The maximum Gasteiger partial charge on any atom is 0.265 e. The first-order chi connectivity index (χ1) is 8.63. The van der Waals surface area contributed by atoms with Gasteiger partial charge in [0.05, 0.1) is 5.69 Å². The smallest absolute Gasteiger partial charge is 0.265 e. The molecule has 0 atom stereocenters. The van der Waals surface area contributed by atoms with Crippen LogP contribution in [0, 0.1) is 0 Å². The van der Waals surface area contributed by atoms with Crippen LogP contribution >= 0.6 is 0 Å². The molecule has 2 rings (SSSR count). The molecule has 94 valence electrons. The number of para-hydroxylation sites is 1. The number of nitrogens with zero attached hydrogens (tertiary/aromatic N) is 2. The fourth-order valence-corrected chi connectivity index (χ4v) is 2.54. The Bertz CT molecular complexity index is 630. The second-order valence-corrected chi connectivity index (χ2v) is 5.01. The Hall–Kier alpha value is -2.19. The lowest BCUT2D eigenvalue weighted by Gasteiger charge is -2.10. The third-order valence-corrected chi connectivity index (χ3v) is 3.56. The highest BCUT2D eigenvalue weighted by Gasteiger charge is 2.18. The van der Waals surface area contributed by atoms with Crippen LogP contribution in [0.3, 0.4) is 0 Å². The van der Waals surface area contributed by atoms with E-state index in [2.05, 4.69) is 20.3 Å². The first kappa shape index (κ1) is 12.3. The van der Waals surface area contributed by atoms with Crippen molar-refractivity contribution in [3.05, 3.63) is 42.6 Å². The Morgan fingerprint density at radius 3 is 2.56 bits per heavy atom. The fourth-order valence-electron chi connectivity index (χ4n) is 1.37. The highest BCUT2D eigenvalue weighted by molar-refractivity contribution is 7.92. The number of aromatic nitrogens is 2. The zero-order valence-electron chi connectivity index (χ0n) is 9.24. The first-order valence-electron chi connectivity index (χ1n) is 4.99. The summed E-state index contributed by atoms with van der Waals surface area (Å²) in [6.45, 7) is 0. The van der Waals surface area contributed by atoms with Gasteiger partial charge in [-0.1, -0.05) is 12.1 Å². The SMILES string of the molecule is NNc1ccccc1S(=O)(=O)Nc1cccnn1. The van der Waals surface area contributed by atoms with Gasteiger partial charge in [0.2, 0.25) is 0 Å². The van der Waals surface area contributed by atoms with Gasteiger partial charge in [0.25, 0.3) is 10.0 Å². The summed E-state index contributed by atoms with van der Waals surface area (Å²) in [7, 11) is -3.75. The molecular formula is C10H11N5O2S. The number of hydrogen-bond donors (Lipinski definition) is 3. The van der Waals surface area contributed by atoms with Crippen molar-refractivity contribution in [2.45, 2.75) is 4.90 Å². The van der Waals surface area contributed by atoms with Gasteiger partial charge in [-0.2, -0.15) is 5.10 Å². The van der Waals surface area contributed by atoms with Crippen molar-refractivity contribution in [3.63, 3.8) is 0 Å². The van der Waals surface area contributed by atoms with Crippen LogP contribution in [0.2, 0.25) is 0 Å². The summed E-state index contributed by atoms with van der Waals surface area (Å²) in [6, 6.07) is 9.36. The Labute approximate surface area is 104 Å². The monoisotopic (exact) mass is 265 g/mol. The third kappa shape index (κ3) is 2.55. The van der Waals surface area contributed by atoms with Gasteiger partial charge < -0.3 is 5.43 Å². The van der Waals surface area contributed by atoms with Gasteiger partial charge in [-0.25, -0.2) is 8.42 Å². The topological polar surface area (TPSA) is 110 Å². The second kappa shape index (κ2) is 4.98. The zero-order chi connectivity index (χ0) is 13.0. The molecule has 0 spiro atoms. The molecule has 8 heteroatoms. The molecule has 0 radical (unpaired) electrons. The van der Waals surface area contributed by atoms with Crippen LogP contribution in [0.25, 0.3) is 0 Å². The van der Waals surface area contributed by atoms with Gasteiger partial charge in [-0.15, -0.1) is 5.10 Å². The highest BCUT2D eigenvalue weighted by Crippen LogP contribution is 2.21. The van der Waals surface area contributed by atoms with Crippen LogP contribution in [0.1, 0.15) is 0 Å². The van der Waals surface area contributed by atoms with E-state index in [-0.39, 0.29) is 10.7 Å². The second-order valence-electron chi connectivity index (χ2n) is 3.35. The predicted molar refractivity (Wildman–Crippen MR) is 67.1 cm³/mol. The Morgan fingerprint density at radius 2 is 1.89 bits per heavy atom. The summed E-state index contributed by atoms with van der Waals surface area (Å²) in [5, 5.41) is 7.24. The van der Waals surface area contributed by atoms with Crippen molar-refractivity contribution in [2.24, 2.45) is 5.84 Å². The molecule has 0 aliphatic heterocycles. The van der Waals surface area contributed by atoms with Crippen molar-refractivity contribution in [3.8, 4) is 0 Å². The van der Waals surface area contributed by atoms with Crippen LogP contribution in [0.5, 0.6) is 0 Å². The summed E-state index contributed by atoms with van der Waals surface area (Å²) in [5.74, 6) is 5.41. The number of nitrogens with one attached hydrogen (secondary N) is 2. The average molecular weight is 265 g/mol. The molecular weight excluding hydrogens is 254 g/mol. The molecule has 0 unspecified atom stereocenters. The Balaban J connectivity index is 2.37. The van der Waals surface area contributed by atoms with E-state index in [1.165, 1.54) is 18.3 Å². The minimum absolute atomic E-state index is 0.0400. The summed E-state index contributed by atoms with van der Waals surface area (Å²) in [4.78, 5) is 0.0400. The van der Waals surface area contributed by atoms with Crippen molar-refractivity contribution >= 4 is 21.5 Å². The van der Waals surface area contributed by atoms with E-state index in [1.807, 2.05) is 0 Å². The van der Waals surface area contributed by atoms with Crippen LogP contribution in [0.15, 0.2) is 47.5 Å². The van der Waals surface area contributed by atoms with Gasteiger partial charge in [0.1, 0.15) is 4.90 Å². The molecule has 18 heavy (non-hydrogen) atoms. The molecule has 2 aromatic rings. The van der Waals surface area contributed by atoms with E-state index in [0.29, 0.717) is 5.69 Å². The molecule has 0 aliphatic carbocycles. The number of sulfonamides is 1. The summed E-state index contributed by atoms with van der Waals surface area (Å²) in [6.07, 6.45) is 1.45. The molecule has 1 heterocycles. The van der Waals surface area contributed by atoms with E-state index < -0.39 is 10.0 Å². The predicted octanol–water partition coefficient (Wildman–Crippen LogP) is 0.563. The van der Waals surface area contributed by atoms with Crippen LogP contribution < -0.4 is 16.0 Å². The molecule has 1 aromatic heterocycles. The number of anilines is 2. The lowest BCUT2D eigenvalue weighted by molar-refractivity contribution is 0.601. The lowest BCUT2D eigenvalue weighted by Crippen LogP contribution is -2.18. The van der Waals surface area contributed by atoms with Crippen LogP contribution in [0.4, 0.5) is 11.5 Å². The maximum absolute atomic E-state index is 12.1. The number of rotatable bonds is 4. The van der Waals surface area contributed by atoms with E-state index in [0.717, 1.165) is 0 Å². The van der Waals surface area contributed by atoms with E-state index in [4.69, 9.17) is 5.84 Å². The number of nitrogens with two attached hydrogens (primary N) is 1. The van der Waals surface area contributed by atoms with Gasteiger partial charge in [0.15, 0.2) is 5.82 Å². The third-order valence-electron chi connectivity index (χ3n) is 2.14. The molecule has 1 aromatic carbocycles. The van der Waals surface area contributed by atoms with Crippen LogP contribution in [-0.2, 0) is 10.0 Å². The fraction of sp³-hybridized carbons (Fsp3) is 0. The largest absolute Gasteiger partial charge is 0.323 e. The summed E-state index contributed by atoms with van der Waals surface area (Å²) < 4.78 is 26.5. The van der Waals surface area contributed by atoms with Gasteiger partial charge in [-0.3, -0.25) is 10.6 Å². The summed E-state index contributed by atoms with van der Waals surface area (Å²) in [5.41, 5.74) is 2.63. The number of benzene rings is 1. The van der Waals surface area contributed by atoms with E-state index in [9.17, 15) is 8.42 Å². The van der Waals surface area contributed by atoms with Crippen molar-refractivity contribution in [1.82, 2.24) is 10.2 Å². The Morgan fingerprint density at radius 1 is 1.11 bits per heavy atom. The molecule has 4 N–H and O–H groups in total. The molecule has 0 amide bonds. The summed E-state index contributed by atoms with van der Waals surface area (Å²) >= 11 is 0. The highest BCUT2D eigenvalue weighted by atomic mass is 32.2. The van der Waals surface area contributed by atoms with Crippen molar-refractivity contribution in [1.29, 1.82) is 0 Å². The van der Waals surface area contributed by atoms with Crippen molar-refractivity contribution < 1.29 is 8.42 Å². The molecule has 0 saturated heterocycles. The molecule has 7 nitrogen and oxygen atoms in total. The van der Waals surface area contributed by atoms with Crippen LogP contribution in [-0.4, -0.2) is 18.6 Å². The zero-order valence-corrected chi connectivity index (χ0v) is 10.1. The van der Waals surface area contributed by atoms with Crippen molar-refractivity contribution in [2.75, 3.05) is 10.1 Å². The maximum atomic E-state index is 12.1. The van der Waals surface area contributed by atoms with E-state index in [1.54, 1.807) is 24.3 Å². The molecule has 0 bridgehead atoms. The normalized spacial score (nSPS) is 10.9. The molecule has 0 fully saturated rings. The number of nitrogen functional groups attached to an aromatic ring is 1. The minimum Gasteiger partial charge on any atom is -0.323 e. The van der Waals surface area contributed by atoms with Gasteiger partial charge in [-0.05, 0) is 24.3 Å². The lowest BCUT2D eigenvalue weighted by atomic mass is 10.3. The quantitative estimate of drug-likeness (QED) is 0.550. The minimum atomic E-state index is -3.75. The Kier molecular flexibility index (Phi) is 3.40. The average Bonchev–Trinajstić information content (AvgIpc) is 2.39. The van der Waals surface area contributed by atoms with Gasteiger partial charge >= 0.3 is 0 Å². The van der Waals surface area contributed by atoms with E-state index >= 15 is 0 Å². The molecule has 0 saturated carbocycles. The number of hydrazine groups is 1. The standard InChI is InChI=1S/C10H11N5O2S/c11-13-8-4-1-2-5-9(8)18(16,17)15-10-6-3-7-12-14-10/h1-7,13H,11H2,(H,14,15). The number of hydrogen-bond acceptors (Lipinski definition) is 6. The van der Waals surface area contributed by atoms with Gasteiger partial charge in [0, 0.05) is 6.20 Å². The molecule has 0 aliphatic rings.